The van der Waals surface area contributed by atoms with Gasteiger partial charge in [0.05, 0.1) is 30.3 Å². The van der Waals surface area contributed by atoms with Crippen LogP contribution in [-0.2, 0) is 14.3 Å². The predicted octanol–water partition coefficient (Wildman–Crippen LogP) is 5.92. The third kappa shape index (κ3) is 5.31. The van der Waals surface area contributed by atoms with E-state index in [4.69, 9.17) is 21.3 Å². The number of carbonyl (C=O) groups is 2. The Balaban J connectivity index is 1.85. The number of thioether (sulfide) groups is 1. The van der Waals surface area contributed by atoms with Gasteiger partial charge >= 0.3 is 5.97 Å². The fourth-order valence-corrected chi connectivity index (χ4v) is 5.23. The topological polar surface area (TPSA) is 71.0 Å². The van der Waals surface area contributed by atoms with Gasteiger partial charge in [0, 0.05) is 22.3 Å². The zero-order chi connectivity index (χ0) is 24.9. The second-order valence-electron chi connectivity index (χ2n) is 8.32. The van der Waals surface area contributed by atoms with Crippen molar-refractivity contribution in [2.24, 2.45) is 4.99 Å². The molecule has 0 aliphatic carbocycles. The van der Waals surface area contributed by atoms with Crippen molar-refractivity contribution >= 4 is 46.1 Å². The summed E-state index contributed by atoms with van der Waals surface area (Å²) in [7, 11) is 0. The lowest BCUT2D eigenvalue weighted by molar-refractivity contribution is -0.139. The Bertz CT molecular complexity index is 1210. The summed E-state index contributed by atoms with van der Waals surface area (Å²) >= 11 is 8.12. The molecule has 0 saturated carbocycles. The smallest absolute Gasteiger partial charge is 0.338 e. The highest BCUT2D eigenvalue weighted by Gasteiger charge is 2.43. The minimum atomic E-state index is -0.594. The highest BCUT2D eigenvalue weighted by atomic mass is 35.5. The van der Waals surface area contributed by atoms with E-state index in [1.807, 2.05) is 72.7 Å². The molecule has 182 valence electrons. The molecule has 6 nitrogen and oxygen atoms in total. The van der Waals surface area contributed by atoms with E-state index in [0.717, 1.165) is 23.2 Å². The molecule has 2 aliphatic heterocycles. The summed E-state index contributed by atoms with van der Waals surface area (Å²) < 4.78 is 5.52. The zero-order valence-electron chi connectivity index (χ0n) is 20.0. The molecule has 0 unspecified atom stereocenters. The summed E-state index contributed by atoms with van der Waals surface area (Å²) in [6.07, 6.45) is 1.00. The molecule has 35 heavy (non-hydrogen) atoms. The molecule has 2 aliphatic rings. The van der Waals surface area contributed by atoms with E-state index in [9.17, 15) is 9.59 Å². The molecule has 0 aromatic heterocycles. The Morgan fingerprint density at radius 2 is 1.86 bits per heavy atom. The SMILES string of the molecule is CCOC(=O)C1=C(c2ccccc2)N=C2SC=C(CC(=O)N[C@H](C)CC)N2[C@H]1c1ccccc1Cl. The van der Waals surface area contributed by atoms with Crippen LogP contribution in [0.3, 0.4) is 0 Å². The fraction of sp³-hybridized carbons (Fsp3) is 0.296. The van der Waals surface area contributed by atoms with Gasteiger partial charge in [-0.1, -0.05) is 78.8 Å². The monoisotopic (exact) mass is 509 g/mol. The van der Waals surface area contributed by atoms with Crippen molar-refractivity contribution in [2.45, 2.75) is 45.7 Å². The van der Waals surface area contributed by atoms with Crippen molar-refractivity contribution in [2.75, 3.05) is 6.61 Å². The van der Waals surface area contributed by atoms with E-state index in [0.29, 0.717) is 21.5 Å². The molecule has 2 aromatic carbocycles. The highest BCUT2D eigenvalue weighted by Crippen LogP contribution is 2.48. The Labute approximate surface area is 215 Å². The maximum absolute atomic E-state index is 13.5. The van der Waals surface area contributed by atoms with Crippen LogP contribution in [0.25, 0.3) is 5.70 Å². The quantitative estimate of drug-likeness (QED) is 0.447. The number of hydrogen-bond donors (Lipinski definition) is 1. The van der Waals surface area contributed by atoms with Gasteiger partial charge in [-0.05, 0) is 37.3 Å². The molecule has 0 radical (unpaired) electrons. The number of fused-ring (bicyclic) bond motifs is 1. The van der Waals surface area contributed by atoms with Crippen LogP contribution in [0.1, 0.15) is 50.8 Å². The lowest BCUT2D eigenvalue weighted by Crippen LogP contribution is -2.39. The summed E-state index contributed by atoms with van der Waals surface area (Å²) in [5.41, 5.74) is 3.25. The molecular weight excluding hydrogens is 482 g/mol. The Kier molecular flexibility index (Phi) is 7.98. The van der Waals surface area contributed by atoms with Gasteiger partial charge in [-0.25, -0.2) is 9.79 Å². The summed E-state index contributed by atoms with van der Waals surface area (Å²) in [5.74, 6) is -0.541. The van der Waals surface area contributed by atoms with Crippen molar-refractivity contribution in [3.05, 3.63) is 87.4 Å². The minimum Gasteiger partial charge on any atom is -0.463 e. The molecule has 0 bridgehead atoms. The average molecular weight is 510 g/mol. The first-order chi connectivity index (χ1) is 16.9. The van der Waals surface area contributed by atoms with Crippen LogP contribution in [0.2, 0.25) is 5.02 Å². The summed E-state index contributed by atoms with van der Waals surface area (Å²) in [6.45, 7) is 6.01. The summed E-state index contributed by atoms with van der Waals surface area (Å²) in [6, 6.07) is 16.5. The number of carbonyl (C=O) groups excluding carboxylic acids is 2. The molecule has 1 amide bonds. The molecule has 8 heteroatoms. The zero-order valence-corrected chi connectivity index (χ0v) is 21.5. The number of nitrogens with zero attached hydrogens (tertiary/aromatic N) is 2. The molecule has 2 heterocycles. The van der Waals surface area contributed by atoms with Crippen LogP contribution in [0, 0.1) is 0 Å². The Morgan fingerprint density at radius 3 is 2.54 bits per heavy atom. The van der Waals surface area contributed by atoms with Gasteiger partial charge in [-0.3, -0.25) is 4.79 Å². The van der Waals surface area contributed by atoms with Crippen LogP contribution in [0.4, 0.5) is 0 Å². The van der Waals surface area contributed by atoms with Gasteiger partial charge in [-0.15, -0.1) is 0 Å². The molecule has 2 aromatic rings. The molecule has 2 atom stereocenters. The maximum Gasteiger partial charge on any atom is 0.338 e. The van der Waals surface area contributed by atoms with Crippen molar-refractivity contribution in [3.8, 4) is 0 Å². The first-order valence-corrected chi connectivity index (χ1v) is 12.9. The van der Waals surface area contributed by atoms with Crippen LogP contribution >= 0.6 is 23.4 Å². The normalized spacial score (nSPS) is 17.9. The minimum absolute atomic E-state index is 0.0747. The maximum atomic E-state index is 13.5. The molecular formula is C27H28ClN3O3S. The predicted molar refractivity (Wildman–Crippen MR) is 142 cm³/mol. The third-order valence-corrected chi connectivity index (χ3v) is 7.15. The first-order valence-electron chi connectivity index (χ1n) is 11.7. The number of amidine groups is 1. The number of rotatable bonds is 8. The van der Waals surface area contributed by atoms with E-state index >= 15 is 0 Å². The second-order valence-corrected chi connectivity index (χ2v) is 9.56. The number of halogens is 1. The van der Waals surface area contributed by atoms with E-state index in [-0.39, 0.29) is 25.0 Å². The second kappa shape index (κ2) is 11.1. The van der Waals surface area contributed by atoms with Gasteiger partial charge in [0.1, 0.15) is 0 Å². The van der Waals surface area contributed by atoms with E-state index in [1.165, 1.54) is 11.8 Å². The molecule has 0 fully saturated rings. The molecule has 0 spiro atoms. The highest BCUT2D eigenvalue weighted by molar-refractivity contribution is 8.16. The largest absolute Gasteiger partial charge is 0.463 e. The van der Waals surface area contributed by atoms with Crippen molar-refractivity contribution < 1.29 is 14.3 Å². The van der Waals surface area contributed by atoms with Crippen molar-refractivity contribution in [3.63, 3.8) is 0 Å². The van der Waals surface area contributed by atoms with Gasteiger partial charge < -0.3 is 15.0 Å². The third-order valence-electron chi connectivity index (χ3n) is 5.91. The lowest BCUT2D eigenvalue weighted by Gasteiger charge is -2.37. The Morgan fingerprint density at radius 1 is 1.14 bits per heavy atom. The average Bonchev–Trinajstić information content (AvgIpc) is 3.26. The standard InChI is InChI=1S/C27H28ClN3O3S/c1-4-17(3)29-22(32)15-19-16-35-27-30-24(18-11-7-6-8-12-18)23(26(33)34-5-2)25(31(19)27)20-13-9-10-14-21(20)28/h6-14,16-17,25H,4-5,15H2,1-3H3,(H,29,32)/t17-,25+/m1/s1. The molecule has 4 rings (SSSR count). The lowest BCUT2D eigenvalue weighted by atomic mass is 9.91. The molecule has 1 N–H and O–H groups in total. The number of aliphatic imine (C=N–C) groups is 1. The van der Waals surface area contributed by atoms with Crippen molar-refractivity contribution in [1.29, 1.82) is 0 Å². The number of benzene rings is 2. The number of nitrogens with one attached hydrogen (secondary N) is 1. The van der Waals surface area contributed by atoms with Gasteiger partial charge in [0.15, 0.2) is 5.17 Å². The van der Waals surface area contributed by atoms with Crippen LogP contribution < -0.4 is 5.32 Å². The summed E-state index contributed by atoms with van der Waals surface area (Å²) in [4.78, 5) is 33.1. The van der Waals surface area contributed by atoms with Crippen LogP contribution in [0.5, 0.6) is 0 Å². The van der Waals surface area contributed by atoms with E-state index in [1.54, 1.807) is 13.0 Å². The van der Waals surface area contributed by atoms with E-state index in [2.05, 4.69) is 5.32 Å². The molecule has 0 saturated heterocycles. The van der Waals surface area contributed by atoms with Crippen LogP contribution in [-0.4, -0.2) is 34.6 Å². The Hall–Kier alpha value is -3.03. The fourth-order valence-electron chi connectivity index (χ4n) is 4.07. The van der Waals surface area contributed by atoms with Gasteiger partial charge in [0.2, 0.25) is 5.91 Å². The number of amides is 1. The first kappa shape index (κ1) is 25.1. The number of hydrogen-bond acceptors (Lipinski definition) is 6. The van der Waals surface area contributed by atoms with Crippen LogP contribution in [0.15, 0.2) is 76.3 Å². The number of esters is 1. The summed E-state index contributed by atoms with van der Waals surface area (Å²) in [5, 5.41) is 6.16. The number of ether oxygens (including phenoxy) is 1. The van der Waals surface area contributed by atoms with E-state index < -0.39 is 12.0 Å². The van der Waals surface area contributed by atoms with Crippen molar-refractivity contribution in [1.82, 2.24) is 10.2 Å². The van der Waals surface area contributed by atoms with Gasteiger partial charge in [0.25, 0.3) is 0 Å². The van der Waals surface area contributed by atoms with Gasteiger partial charge in [-0.2, -0.15) is 0 Å².